The van der Waals surface area contributed by atoms with E-state index in [1.165, 1.54) is 15.6 Å². The van der Waals surface area contributed by atoms with Crippen molar-refractivity contribution in [2.45, 2.75) is 25.3 Å². The van der Waals surface area contributed by atoms with Gasteiger partial charge < -0.3 is 15.0 Å². The Balaban J connectivity index is 1.49. The van der Waals surface area contributed by atoms with Crippen molar-refractivity contribution in [3.8, 4) is 5.75 Å². The first kappa shape index (κ1) is 17.3. The van der Waals surface area contributed by atoms with Gasteiger partial charge in [0.25, 0.3) is 0 Å². The Morgan fingerprint density at radius 2 is 2.15 bits per heavy atom. The number of nitrogens with zero attached hydrogens (tertiary/aromatic N) is 2. The minimum absolute atomic E-state index is 0.0593. The Hall–Kier alpha value is -2.11. The Labute approximate surface area is 158 Å². The first-order valence-electron chi connectivity index (χ1n) is 9.13. The topological polar surface area (TPSA) is 37.4 Å². The highest BCUT2D eigenvalue weighted by molar-refractivity contribution is 7.17. The number of nitrogens with one attached hydrogen (secondary N) is 1. The molecule has 1 saturated heterocycles. The number of rotatable bonds is 5. The molecule has 1 aliphatic rings. The van der Waals surface area contributed by atoms with E-state index in [9.17, 15) is 0 Å². The highest BCUT2D eigenvalue weighted by Crippen LogP contribution is 2.31. The lowest BCUT2D eigenvalue weighted by molar-refractivity contribution is 0.301. The van der Waals surface area contributed by atoms with Gasteiger partial charge in [0.2, 0.25) is 0 Å². The molecule has 1 N–H and O–H groups in total. The maximum absolute atomic E-state index is 5.51. The zero-order valence-electron chi connectivity index (χ0n) is 15.4. The molecule has 1 aliphatic heterocycles. The number of anilines is 1. The summed E-state index contributed by atoms with van der Waals surface area (Å²) in [5.74, 6) is 1.80. The standard InChI is InChI=1S/C21H25N3OS/c1-21(10-9-16-14-26-19-8-4-3-6-17(16)19)15-24(13-12-23-21)20-18(25-2)7-5-11-22-20/h3-8,11,14,23H,9-10,12-13,15H2,1-2H3. The summed E-state index contributed by atoms with van der Waals surface area (Å²) < 4.78 is 6.89. The molecule has 5 heteroatoms. The van der Waals surface area contributed by atoms with E-state index in [4.69, 9.17) is 4.74 Å². The number of ether oxygens (including phenoxy) is 1. The minimum Gasteiger partial charge on any atom is -0.493 e. The molecule has 26 heavy (non-hydrogen) atoms. The molecule has 0 saturated carbocycles. The Kier molecular flexibility index (Phi) is 4.83. The number of thiophene rings is 1. The predicted octanol–water partition coefficient (Wildman–Crippen LogP) is 4.11. The number of aryl methyl sites for hydroxylation is 1. The van der Waals surface area contributed by atoms with Gasteiger partial charge in [0.1, 0.15) is 0 Å². The molecule has 4 nitrogen and oxygen atoms in total. The number of benzene rings is 1. The summed E-state index contributed by atoms with van der Waals surface area (Å²) in [5, 5.41) is 7.46. The van der Waals surface area contributed by atoms with E-state index in [0.717, 1.165) is 44.0 Å². The molecule has 4 rings (SSSR count). The van der Waals surface area contributed by atoms with Crippen LogP contribution in [0.2, 0.25) is 0 Å². The molecule has 3 heterocycles. The second-order valence-corrected chi connectivity index (χ2v) is 8.11. The van der Waals surface area contributed by atoms with Gasteiger partial charge in [-0.15, -0.1) is 11.3 Å². The van der Waals surface area contributed by atoms with Crippen molar-refractivity contribution in [2.75, 3.05) is 31.6 Å². The molecule has 0 aliphatic carbocycles. The van der Waals surface area contributed by atoms with E-state index in [0.29, 0.717) is 0 Å². The third kappa shape index (κ3) is 3.41. The quantitative estimate of drug-likeness (QED) is 0.736. The monoisotopic (exact) mass is 367 g/mol. The van der Waals surface area contributed by atoms with Crippen molar-refractivity contribution in [2.24, 2.45) is 0 Å². The summed E-state index contributed by atoms with van der Waals surface area (Å²) in [6, 6.07) is 12.6. The number of methoxy groups -OCH3 is 1. The number of fused-ring (bicyclic) bond motifs is 1. The van der Waals surface area contributed by atoms with Crippen LogP contribution in [0.25, 0.3) is 10.1 Å². The normalized spacial score (nSPS) is 20.5. The SMILES string of the molecule is COc1cccnc1N1CCNC(C)(CCc2csc3ccccc23)C1. The van der Waals surface area contributed by atoms with Gasteiger partial charge in [-0.1, -0.05) is 18.2 Å². The lowest BCUT2D eigenvalue weighted by Crippen LogP contribution is -2.59. The van der Waals surface area contributed by atoms with Crippen LogP contribution < -0.4 is 15.0 Å². The molecule has 0 spiro atoms. The number of piperazine rings is 1. The lowest BCUT2D eigenvalue weighted by Gasteiger charge is -2.42. The maximum Gasteiger partial charge on any atom is 0.171 e. The second kappa shape index (κ2) is 7.25. The predicted molar refractivity (Wildman–Crippen MR) is 110 cm³/mol. The Morgan fingerprint density at radius 3 is 3.04 bits per heavy atom. The first-order valence-corrected chi connectivity index (χ1v) is 10.0. The van der Waals surface area contributed by atoms with Gasteiger partial charge in [-0.05, 0) is 54.3 Å². The molecule has 1 fully saturated rings. The van der Waals surface area contributed by atoms with E-state index in [1.807, 2.05) is 29.7 Å². The molecule has 1 atom stereocenters. The third-order valence-corrected chi connectivity index (χ3v) is 6.26. The Morgan fingerprint density at radius 1 is 1.27 bits per heavy atom. The third-order valence-electron chi connectivity index (χ3n) is 5.25. The number of hydrogen-bond donors (Lipinski definition) is 1. The van der Waals surface area contributed by atoms with Gasteiger partial charge in [0.15, 0.2) is 11.6 Å². The highest BCUT2D eigenvalue weighted by atomic mass is 32.1. The van der Waals surface area contributed by atoms with E-state index in [1.54, 1.807) is 7.11 Å². The minimum atomic E-state index is 0.0593. The summed E-state index contributed by atoms with van der Waals surface area (Å²) in [4.78, 5) is 6.91. The van der Waals surface area contributed by atoms with Crippen LogP contribution in [0.3, 0.4) is 0 Å². The fourth-order valence-corrected chi connectivity index (χ4v) is 4.81. The van der Waals surface area contributed by atoms with Crippen molar-refractivity contribution in [3.05, 3.63) is 53.5 Å². The van der Waals surface area contributed by atoms with Crippen molar-refractivity contribution in [3.63, 3.8) is 0 Å². The van der Waals surface area contributed by atoms with Crippen LogP contribution in [0.15, 0.2) is 48.0 Å². The van der Waals surface area contributed by atoms with Gasteiger partial charge in [-0.2, -0.15) is 0 Å². The van der Waals surface area contributed by atoms with Crippen LogP contribution in [0.4, 0.5) is 5.82 Å². The molecule has 0 radical (unpaired) electrons. The van der Waals surface area contributed by atoms with Crippen LogP contribution in [0.5, 0.6) is 5.75 Å². The van der Waals surface area contributed by atoms with E-state index in [-0.39, 0.29) is 5.54 Å². The average Bonchev–Trinajstić information content (AvgIpc) is 3.10. The fraction of sp³-hybridized carbons (Fsp3) is 0.381. The van der Waals surface area contributed by atoms with Crippen LogP contribution in [-0.4, -0.2) is 37.3 Å². The van der Waals surface area contributed by atoms with Crippen LogP contribution in [0.1, 0.15) is 18.9 Å². The van der Waals surface area contributed by atoms with Gasteiger partial charge in [-0.25, -0.2) is 4.98 Å². The summed E-state index contributed by atoms with van der Waals surface area (Å²) in [6.07, 6.45) is 4.02. The van der Waals surface area contributed by atoms with Crippen molar-refractivity contribution < 1.29 is 4.74 Å². The zero-order valence-corrected chi connectivity index (χ0v) is 16.2. The summed E-state index contributed by atoms with van der Waals surface area (Å²) in [6.45, 7) is 5.16. The maximum atomic E-state index is 5.51. The van der Waals surface area contributed by atoms with Crippen molar-refractivity contribution in [1.82, 2.24) is 10.3 Å². The number of hydrogen-bond acceptors (Lipinski definition) is 5. The van der Waals surface area contributed by atoms with E-state index >= 15 is 0 Å². The van der Waals surface area contributed by atoms with Crippen molar-refractivity contribution >= 4 is 27.2 Å². The molecule has 1 unspecified atom stereocenters. The highest BCUT2D eigenvalue weighted by Gasteiger charge is 2.32. The van der Waals surface area contributed by atoms with Crippen LogP contribution in [-0.2, 0) is 6.42 Å². The van der Waals surface area contributed by atoms with Gasteiger partial charge in [0.05, 0.1) is 7.11 Å². The second-order valence-electron chi connectivity index (χ2n) is 7.20. The summed E-state index contributed by atoms with van der Waals surface area (Å²) in [7, 11) is 1.71. The molecule has 3 aromatic rings. The number of pyridine rings is 1. The van der Waals surface area contributed by atoms with Gasteiger partial charge >= 0.3 is 0 Å². The first-order chi connectivity index (χ1) is 12.7. The molecule has 0 bridgehead atoms. The summed E-state index contributed by atoms with van der Waals surface area (Å²) >= 11 is 1.84. The van der Waals surface area contributed by atoms with Crippen LogP contribution in [0, 0.1) is 0 Å². The number of aromatic nitrogens is 1. The lowest BCUT2D eigenvalue weighted by atomic mass is 9.90. The summed E-state index contributed by atoms with van der Waals surface area (Å²) in [5.41, 5.74) is 1.52. The Bertz CT molecular complexity index is 894. The van der Waals surface area contributed by atoms with Crippen LogP contribution >= 0.6 is 11.3 Å². The van der Waals surface area contributed by atoms with E-state index in [2.05, 4.69) is 51.8 Å². The van der Waals surface area contributed by atoms with Gasteiger partial charge in [-0.3, -0.25) is 0 Å². The smallest absolute Gasteiger partial charge is 0.171 e. The molecule has 136 valence electrons. The average molecular weight is 368 g/mol. The molecular weight excluding hydrogens is 342 g/mol. The molecule has 1 aromatic carbocycles. The molecule has 0 amide bonds. The van der Waals surface area contributed by atoms with Gasteiger partial charge in [0, 0.05) is 36.1 Å². The van der Waals surface area contributed by atoms with E-state index < -0.39 is 0 Å². The zero-order chi connectivity index (χ0) is 18.0. The molecular formula is C21H25N3OS. The van der Waals surface area contributed by atoms with Crippen molar-refractivity contribution in [1.29, 1.82) is 0 Å². The fourth-order valence-electron chi connectivity index (χ4n) is 3.81. The molecule has 2 aromatic heterocycles. The largest absolute Gasteiger partial charge is 0.493 e.